The van der Waals surface area contributed by atoms with Gasteiger partial charge in [-0.2, -0.15) is 0 Å². The van der Waals surface area contributed by atoms with Crippen molar-refractivity contribution >= 4 is 34.9 Å². The van der Waals surface area contributed by atoms with Crippen molar-refractivity contribution in [1.82, 2.24) is 19.5 Å². The molecule has 0 spiro atoms. The number of aromatic nitrogens is 4. The van der Waals surface area contributed by atoms with Gasteiger partial charge in [0.25, 0.3) is 0 Å². The van der Waals surface area contributed by atoms with Crippen molar-refractivity contribution in [3.63, 3.8) is 0 Å². The minimum absolute atomic E-state index is 0.166. The van der Waals surface area contributed by atoms with E-state index in [4.69, 9.17) is 24.7 Å². The van der Waals surface area contributed by atoms with Gasteiger partial charge in [-0.15, -0.1) is 0 Å². The monoisotopic (exact) mass is 393 g/mol. The number of hydrogen-bond acceptors (Lipinski definition) is 11. The highest BCUT2D eigenvalue weighted by Crippen LogP contribution is 2.36. The van der Waals surface area contributed by atoms with E-state index in [9.17, 15) is 14.4 Å². The number of fused-ring (bicyclic) bond motifs is 1. The number of nitrogen functional groups attached to an aromatic ring is 1. The Kier molecular flexibility index (Phi) is 5.40. The van der Waals surface area contributed by atoms with Crippen LogP contribution in [0.1, 0.15) is 27.0 Å². The van der Waals surface area contributed by atoms with Crippen LogP contribution in [0.5, 0.6) is 0 Å². The van der Waals surface area contributed by atoms with Gasteiger partial charge in [-0.25, -0.2) is 15.0 Å². The summed E-state index contributed by atoms with van der Waals surface area (Å²) in [5.41, 5.74) is 6.48. The predicted octanol–water partition coefficient (Wildman–Crippen LogP) is -0.268. The smallest absolute Gasteiger partial charge is 0.303 e. The number of carbonyl (C=O) groups is 3. The van der Waals surface area contributed by atoms with Crippen molar-refractivity contribution in [1.29, 1.82) is 0 Å². The van der Waals surface area contributed by atoms with Gasteiger partial charge in [0.1, 0.15) is 24.6 Å². The zero-order valence-corrected chi connectivity index (χ0v) is 15.4. The molecule has 1 saturated heterocycles. The van der Waals surface area contributed by atoms with Crippen LogP contribution in [0.25, 0.3) is 11.2 Å². The van der Waals surface area contributed by atoms with E-state index in [0.717, 1.165) is 0 Å². The number of imidazole rings is 1. The summed E-state index contributed by atoms with van der Waals surface area (Å²) in [6.07, 6.45) is -1.22. The second kappa shape index (κ2) is 7.76. The molecular weight excluding hydrogens is 374 g/mol. The Morgan fingerprint density at radius 2 is 1.75 bits per heavy atom. The lowest BCUT2D eigenvalue weighted by Crippen LogP contribution is -2.40. The van der Waals surface area contributed by atoms with E-state index >= 15 is 0 Å². The quantitative estimate of drug-likeness (QED) is 0.526. The Balaban J connectivity index is 2.01. The molecule has 150 valence electrons. The summed E-state index contributed by atoms with van der Waals surface area (Å²) >= 11 is 0. The molecule has 3 heterocycles. The van der Waals surface area contributed by atoms with Gasteiger partial charge in [0.05, 0.1) is 6.33 Å². The Morgan fingerprint density at radius 1 is 1.07 bits per heavy atom. The summed E-state index contributed by atoms with van der Waals surface area (Å²) in [6, 6.07) is 0. The lowest BCUT2D eigenvalue weighted by atomic mass is 10.1. The van der Waals surface area contributed by atoms with E-state index < -0.39 is 42.4 Å². The number of ether oxygens (including phenoxy) is 4. The minimum Gasteiger partial charge on any atom is -0.463 e. The molecule has 1 aliphatic rings. The molecule has 12 heteroatoms. The van der Waals surface area contributed by atoms with Gasteiger partial charge in [-0.05, 0) is 0 Å². The van der Waals surface area contributed by atoms with Crippen LogP contribution in [0.15, 0.2) is 12.7 Å². The summed E-state index contributed by atoms with van der Waals surface area (Å²) in [7, 11) is 0. The number of anilines is 1. The minimum atomic E-state index is -1.03. The van der Waals surface area contributed by atoms with Crippen molar-refractivity contribution in [2.45, 2.75) is 45.3 Å². The van der Waals surface area contributed by atoms with E-state index in [2.05, 4.69) is 15.0 Å². The van der Waals surface area contributed by atoms with Crippen LogP contribution in [-0.2, 0) is 33.3 Å². The summed E-state index contributed by atoms with van der Waals surface area (Å²) in [5.74, 6) is -1.59. The highest BCUT2D eigenvalue weighted by atomic mass is 16.7. The van der Waals surface area contributed by atoms with Crippen molar-refractivity contribution in [2.24, 2.45) is 0 Å². The molecule has 2 aromatic rings. The van der Waals surface area contributed by atoms with E-state index in [1.54, 1.807) is 0 Å². The molecule has 1 fully saturated rings. The highest BCUT2D eigenvalue weighted by molar-refractivity contribution is 5.81. The molecule has 3 rings (SSSR count). The third-order valence-electron chi connectivity index (χ3n) is 4.00. The SMILES string of the molecule is CC(=O)OCC1OC(n2cnc3c(N)ncnc32)C(OC(C)=O)C1OC(C)=O. The summed E-state index contributed by atoms with van der Waals surface area (Å²) in [6.45, 7) is 3.46. The van der Waals surface area contributed by atoms with E-state index in [-0.39, 0.29) is 12.4 Å². The number of esters is 3. The maximum Gasteiger partial charge on any atom is 0.303 e. The van der Waals surface area contributed by atoms with Gasteiger partial charge in [-0.3, -0.25) is 19.0 Å². The summed E-state index contributed by atoms with van der Waals surface area (Å²) in [5, 5.41) is 0. The first-order valence-corrected chi connectivity index (χ1v) is 8.34. The zero-order valence-electron chi connectivity index (χ0n) is 15.4. The first-order valence-electron chi connectivity index (χ1n) is 8.34. The van der Waals surface area contributed by atoms with Gasteiger partial charge in [0, 0.05) is 20.8 Å². The van der Waals surface area contributed by atoms with E-state index in [0.29, 0.717) is 11.2 Å². The third-order valence-corrected chi connectivity index (χ3v) is 4.00. The summed E-state index contributed by atoms with van der Waals surface area (Å²) in [4.78, 5) is 46.6. The van der Waals surface area contributed by atoms with E-state index in [1.165, 1.54) is 38.0 Å². The number of rotatable bonds is 5. The molecule has 28 heavy (non-hydrogen) atoms. The standard InChI is InChI=1S/C16H19N5O7/c1-7(22)25-4-10-12(26-8(2)23)13(27-9(3)24)16(28-10)21-6-20-11-14(17)18-5-19-15(11)21/h5-6,10,12-13,16H,4H2,1-3H3,(H2,17,18,19). The van der Waals surface area contributed by atoms with Crippen LogP contribution < -0.4 is 5.73 Å². The molecule has 4 unspecified atom stereocenters. The predicted molar refractivity (Wildman–Crippen MR) is 91.4 cm³/mol. The lowest BCUT2D eigenvalue weighted by molar-refractivity contribution is -0.166. The fraction of sp³-hybridized carbons (Fsp3) is 0.500. The van der Waals surface area contributed by atoms with Crippen LogP contribution >= 0.6 is 0 Å². The first kappa shape index (κ1) is 19.5. The van der Waals surface area contributed by atoms with Gasteiger partial charge < -0.3 is 24.7 Å². The molecule has 0 aliphatic carbocycles. The molecule has 0 radical (unpaired) electrons. The molecule has 12 nitrogen and oxygen atoms in total. The van der Waals surface area contributed by atoms with Crippen molar-refractivity contribution in [3.05, 3.63) is 12.7 Å². The van der Waals surface area contributed by atoms with Crippen molar-refractivity contribution in [3.8, 4) is 0 Å². The third kappa shape index (κ3) is 3.86. The van der Waals surface area contributed by atoms with Gasteiger partial charge in [0.2, 0.25) is 0 Å². The molecule has 0 amide bonds. The topological polar surface area (TPSA) is 158 Å². The van der Waals surface area contributed by atoms with Crippen molar-refractivity contribution < 1.29 is 33.3 Å². The molecular formula is C16H19N5O7. The largest absolute Gasteiger partial charge is 0.463 e. The number of carbonyl (C=O) groups excluding carboxylic acids is 3. The fourth-order valence-corrected chi connectivity index (χ4v) is 2.97. The van der Waals surface area contributed by atoms with Crippen LogP contribution in [0.2, 0.25) is 0 Å². The van der Waals surface area contributed by atoms with Gasteiger partial charge >= 0.3 is 17.9 Å². The van der Waals surface area contributed by atoms with Crippen LogP contribution in [0.4, 0.5) is 5.82 Å². The van der Waals surface area contributed by atoms with Crippen molar-refractivity contribution in [2.75, 3.05) is 12.3 Å². The van der Waals surface area contributed by atoms with Crippen LogP contribution in [0, 0.1) is 0 Å². The highest BCUT2D eigenvalue weighted by Gasteiger charge is 2.51. The lowest BCUT2D eigenvalue weighted by Gasteiger charge is -2.23. The second-order valence-corrected chi connectivity index (χ2v) is 6.10. The zero-order chi connectivity index (χ0) is 20.4. The Bertz CT molecular complexity index is 914. The molecule has 1 aliphatic heterocycles. The molecule has 2 N–H and O–H groups in total. The molecule has 0 bridgehead atoms. The Labute approximate surface area is 158 Å². The number of nitrogens with zero attached hydrogens (tertiary/aromatic N) is 4. The molecule has 2 aromatic heterocycles. The molecule has 0 saturated carbocycles. The first-order chi connectivity index (χ1) is 13.3. The normalized spacial score (nSPS) is 24.1. The second-order valence-electron chi connectivity index (χ2n) is 6.10. The van der Waals surface area contributed by atoms with Crippen LogP contribution in [0.3, 0.4) is 0 Å². The molecule has 0 aromatic carbocycles. The maximum atomic E-state index is 11.7. The van der Waals surface area contributed by atoms with Gasteiger partial charge in [-0.1, -0.05) is 0 Å². The van der Waals surface area contributed by atoms with E-state index in [1.807, 2.05) is 0 Å². The maximum absolute atomic E-state index is 11.7. The number of hydrogen-bond donors (Lipinski definition) is 1. The summed E-state index contributed by atoms with van der Waals surface area (Å²) < 4.78 is 23.1. The fourth-order valence-electron chi connectivity index (χ4n) is 2.97. The molecule has 4 atom stereocenters. The van der Waals surface area contributed by atoms with Crippen LogP contribution in [-0.4, -0.2) is 62.3 Å². The Morgan fingerprint density at radius 3 is 2.39 bits per heavy atom. The number of nitrogens with two attached hydrogens (primary N) is 1. The average Bonchev–Trinajstić information content (AvgIpc) is 3.16. The Hall–Kier alpha value is -3.28. The van der Waals surface area contributed by atoms with Gasteiger partial charge in [0.15, 0.2) is 29.9 Å². The average molecular weight is 393 g/mol.